The summed E-state index contributed by atoms with van der Waals surface area (Å²) in [6.07, 6.45) is 0.919. The van der Waals surface area contributed by atoms with Crippen molar-refractivity contribution in [3.63, 3.8) is 0 Å². The molecule has 0 radical (unpaired) electrons. The zero-order valence-electron chi connectivity index (χ0n) is 16.8. The first-order valence-corrected chi connectivity index (χ1v) is 9.54. The summed E-state index contributed by atoms with van der Waals surface area (Å²) < 4.78 is 15.8. The minimum atomic E-state index is 0.0432. The second-order valence-electron chi connectivity index (χ2n) is 6.83. The van der Waals surface area contributed by atoms with Gasteiger partial charge >= 0.3 is 0 Å². The van der Waals surface area contributed by atoms with Crippen molar-refractivity contribution in [1.29, 1.82) is 0 Å². The van der Waals surface area contributed by atoms with Crippen molar-refractivity contribution in [2.45, 2.75) is 12.5 Å². The highest BCUT2D eigenvalue weighted by atomic mass is 16.5. The van der Waals surface area contributed by atoms with E-state index in [0.717, 1.165) is 45.0 Å². The molecular formula is C20H33N3O4. The molecule has 1 aliphatic heterocycles. The first-order valence-electron chi connectivity index (χ1n) is 9.54. The molecule has 1 unspecified atom stereocenters. The van der Waals surface area contributed by atoms with Crippen LogP contribution in [0.15, 0.2) is 24.3 Å². The number of nitrogens with zero attached hydrogens (tertiary/aromatic N) is 2. The van der Waals surface area contributed by atoms with E-state index in [4.69, 9.17) is 14.2 Å². The van der Waals surface area contributed by atoms with Gasteiger partial charge in [-0.15, -0.1) is 0 Å². The molecule has 7 nitrogen and oxygen atoms in total. The van der Waals surface area contributed by atoms with Gasteiger partial charge in [-0.1, -0.05) is 12.1 Å². The van der Waals surface area contributed by atoms with Gasteiger partial charge in [0.25, 0.3) is 0 Å². The molecular weight excluding hydrogens is 346 g/mol. The molecule has 0 bridgehead atoms. The molecule has 1 aliphatic rings. The number of carbonyl (C=O) groups excluding carboxylic acids is 1. The molecule has 2 rings (SSSR count). The van der Waals surface area contributed by atoms with Crippen LogP contribution >= 0.6 is 0 Å². The lowest BCUT2D eigenvalue weighted by molar-refractivity contribution is -0.122. The van der Waals surface area contributed by atoms with Crippen molar-refractivity contribution in [2.75, 3.05) is 73.8 Å². The Morgan fingerprint density at radius 3 is 2.59 bits per heavy atom. The smallest absolute Gasteiger partial charge is 0.234 e. The SMILES string of the molecule is COCCCN(C)CC(=O)NCC(c1ccc(OC)cc1)N1CCOCC1. The van der Waals surface area contributed by atoms with E-state index >= 15 is 0 Å². The molecule has 1 fully saturated rings. The second kappa shape index (κ2) is 11.9. The molecule has 1 atom stereocenters. The largest absolute Gasteiger partial charge is 0.497 e. The number of rotatable bonds is 11. The van der Waals surface area contributed by atoms with E-state index in [1.165, 1.54) is 5.56 Å². The fourth-order valence-corrected chi connectivity index (χ4v) is 3.24. The topological polar surface area (TPSA) is 63.3 Å². The number of nitrogens with one attached hydrogen (secondary N) is 1. The molecule has 1 amide bonds. The van der Waals surface area contributed by atoms with Crippen LogP contribution in [0, 0.1) is 0 Å². The van der Waals surface area contributed by atoms with Crippen LogP contribution in [-0.4, -0.2) is 89.5 Å². The van der Waals surface area contributed by atoms with E-state index in [1.54, 1.807) is 14.2 Å². The van der Waals surface area contributed by atoms with Crippen molar-refractivity contribution in [1.82, 2.24) is 15.1 Å². The van der Waals surface area contributed by atoms with E-state index in [-0.39, 0.29) is 11.9 Å². The molecule has 1 aromatic carbocycles. The predicted molar refractivity (Wildman–Crippen MR) is 105 cm³/mol. The Hall–Kier alpha value is -1.67. The van der Waals surface area contributed by atoms with E-state index in [1.807, 2.05) is 24.1 Å². The van der Waals surface area contributed by atoms with Crippen molar-refractivity contribution in [3.8, 4) is 5.75 Å². The van der Waals surface area contributed by atoms with Gasteiger partial charge in [-0.05, 0) is 31.2 Å². The Bertz CT molecular complexity index is 547. The quantitative estimate of drug-likeness (QED) is 0.582. The van der Waals surface area contributed by atoms with Crippen molar-refractivity contribution >= 4 is 5.91 Å². The lowest BCUT2D eigenvalue weighted by Gasteiger charge is -2.35. The number of methoxy groups -OCH3 is 2. The van der Waals surface area contributed by atoms with Gasteiger partial charge in [0.05, 0.1) is 32.9 Å². The molecule has 27 heavy (non-hydrogen) atoms. The average molecular weight is 380 g/mol. The van der Waals surface area contributed by atoms with Gasteiger partial charge in [0.1, 0.15) is 5.75 Å². The highest BCUT2D eigenvalue weighted by Crippen LogP contribution is 2.23. The summed E-state index contributed by atoms with van der Waals surface area (Å²) in [6.45, 7) is 5.70. The van der Waals surface area contributed by atoms with Gasteiger partial charge < -0.3 is 19.5 Å². The molecule has 0 spiro atoms. The second-order valence-corrected chi connectivity index (χ2v) is 6.83. The van der Waals surface area contributed by atoms with Gasteiger partial charge in [0.2, 0.25) is 5.91 Å². The fourth-order valence-electron chi connectivity index (χ4n) is 3.24. The third-order valence-corrected chi connectivity index (χ3v) is 4.78. The number of hydrogen-bond donors (Lipinski definition) is 1. The summed E-state index contributed by atoms with van der Waals surface area (Å²) in [4.78, 5) is 16.7. The van der Waals surface area contributed by atoms with Crippen LogP contribution in [0.1, 0.15) is 18.0 Å². The molecule has 1 N–H and O–H groups in total. The summed E-state index contributed by atoms with van der Waals surface area (Å²) in [6, 6.07) is 8.20. The lowest BCUT2D eigenvalue weighted by atomic mass is 10.0. The van der Waals surface area contributed by atoms with E-state index < -0.39 is 0 Å². The van der Waals surface area contributed by atoms with Gasteiger partial charge in [-0.3, -0.25) is 14.6 Å². The Labute approximate surface area is 162 Å². The number of morpholine rings is 1. The minimum absolute atomic E-state index is 0.0432. The maximum Gasteiger partial charge on any atom is 0.234 e. The summed E-state index contributed by atoms with van der Waals surface area (Å²) in [5.74, 6) is 0.878. The Balaban J connectivity index is 1.92. The van der Waals surface area contributed by atoms with Crippen LogP contribution in [-0.2, 0) is 14.3 Å². The standard InChI is InChI=1S/C20H33N3O4/c1-22(9-4-12-25-2)16-20(24)21-15-19(23-10-13-27-14-11-23)17-5-7-18(26-3)8-6-17/h5-8,19H,4,9-16H2,1-3H3,(H,21,24). The molecule has 1 saturated heterocycles. The highest BCUT2D eigenvalue weighted by molar-refractivity contribution is 5.78. The van der Waals surface area contributed by atoms with Crippen molar-refractivity contribution in [2.24, 2.45) is 0 Å². The molecule has 1 heterocycles. The zero-order chi connectivity index (χ0) is 19.5. The maximum atomic E-state index is 12.4. The van der Waals surface area contributed by atoms with Crippen LogP contribution in [0.3, 0.4) is 0 Å². The van der Waals surface area contributed by atoms with Crippen molar-refractivity contribution < 1.29 is 19.0 Å². The number of ether oxygens (including phenoxy) is 3. The minimum Gasteiger partial charge on any atom is -0.497 e. The molecule has 152 valence electrons. The Morgan fingerprint density at radius 2 is 1.96 bits per heavy atom. The summed E-state index contributed by atoms with van der Waals surface area (Å²) in [5, 5.41) is 3.10. The third kappa shape index (κ3) is 7.46. The Morgan fingerprint density at radius 1 is 1.26 bits per heavy atom. The van der Waals surface area contributed by atoms with E-state index in [9.17, 15) is 4.79 Å². The summed E-state index contributed by atoms with van der Waals surface area (Å²) in [5.41, 5.74) is 1.17. The van der Waals surface area contributed by atoms with Crippen LogP contribution in [0.4, 0.5) is 0 Å². The Kier molecular flexibility index (Phi) is 9.55. The van der Waals surface area contributed by atoms with Crippen LogP contribution in [0.25, 0.3) is 0 Å². The maximum absolute atomic E-state index is 12.4. The first kappa shape index (κ1) is 21.6. The van der Waals surface area contributed by atoms with E-state index in [0.29, 0.717) is 19.7 Å². The molecule has 0 aliphatic carbocycles. The number of hydrogen-bond acceptors (Lipinski definition) is 6. The number of amides is 1. The van der Waals surface area contributed by atoms with Gasteiger partial charge in [0.15, 0.2) is 0 Å². The van der Waals surface area contributed by atoms with Gasteiger partial charge in [0, 0.05) is 39.9 Å². The molecule has 0 aromatic heterocycles. The van der Waals surface area contributed by atoms with Gasteiger partial charge in [-0.25, -0.2) is 0 Å². The lowest BCUT2D eigenvalue weighted by Crippen LogP contribution is -2.45. The molecule has 0 saturated carbocycles. The molecule has 7 heteroatoms. The zero-order valence-corrected chi connectivity index (χ0v) is 16.8. The third-order valence-electron chi connectivity index (χ3n) is 4.78. The van der Waals surface area contributed by atoms with E-state index in [2.05, 4.69) is 22.3 Å². The number of likely N-dealkylation sites (N-methyl/N-ethyl adjacent to an activating group) is 1. The fraction of sp³-hybridized carbons (Fsp3) is 0.650. The average Bonchev–Trinajstić information content (AvgIpc) is 2.69. The van der Waals surface area contributed by atoms with Crippen LogP contribution in [0.2, 0.25) is 0 Å². The van der Waals surface area contributed by atoms with Gasteiger partial charge in [-0.2, -0.15) is 0 Å². The molecule has 1 aromatic rings. The summed E-state index contributed by atoms with van der Waals surface area (Å²) >= 11 is 0. The van der Waals surface area contributed by atoms with Crippen LogP contribution < -0.4 is 10.1 Å². The first-order chi connectivity index (χ1) is 13.1. The summed E-state index contributed by atoms with van der Waals surface area (Å²) in [7, 11) is 5.31. The number of benzene rings is 1. The predicted octanol–water partition coefficient (Wildman–Crippen LogP) is 1.15. The highest BCUT2D eigenvalue weighted by Gasteiger charge is 2.23. The van der Waals surface area contributed by atoms with Crippen LogP contribution in [0.5, 0.6) is 5.75 Å². The van der Waals surface area contributed by atoms with Crippen molar-refractivity contribution in [3.05, 3.63) is 29.8 Å². The monoisotopic (exact) mass is 379 g/mol. The normalized spacial score (nSPS) is 16.3. The number of carbonyl (C=O) groups is 1.